The summed E-state index contributed by atoms with van der Waals surface area (Å²) < 4.78 is 4.78. The Balaban J connectivity index is 2.30. The molecule has 0 bridgehead atoms. The minimum absolute atomic E-state index is 0.264. The zero-order chi connectivity index (χ0) is 12.3. The van der Waals surface area contributed by atoms with E-state index in [2.05, 4.69) is 11.4 Å². The lowest BCUT2D eigenvalue weighted by molar-refractivity contribution is 0.0597. The van der Waals surface area contributed by atoms with Gasteiger partial charge >= 0.3 is 5.97 Å². The summed E-state index contributed by atoms with van der Waals surface area (Å²) in [4.78, 5) is 12.6. The zero-order valence-electron chi connectivity index (χ0n) is 10.2. The molecule has 1 unspecified atom stereocenters. The number of nitrogens with one attached hydrogen (secondary N) is 1. The van der Waals surface area contributed by atoms with Gasteiger partial charge in [0.25, 0.3) is 0 Å². The second-order valence-corrected chi connectivity index (χ2v) is 4.95. The average Bonchev–Trinajstić information content (AvgIpc) is 2.91. The molecule has 0 radical (unpaired) electrons. The van der Waals surface area contributed by atoms with Gasteiger partial charge in [0, 0.05) is 10.9 Å². The Kier molecular flexibility index (Phi) is 4.07. The summed E-state index contributed by atoms with van der Waals surface area (Å²) in [6, 6.07) is 6.43. The van der Waals surface area contributed by atoms with Crippen molar-refractivity contribution in [2.24, 2.45) is 0 Å². The fraction of sp³-hybridized carbons (Fsp3) is 0.462. The maximum absolute atomic E-state index is 11.6. The maximum atomic E-state index is 11.6. The van der Waals surface area contributed by atoms with Crippen molar-refractivity contribution in [2.75, 3.05) is 19.9 Å². The predicted molar refractivity (Wildman–Crippen MR) is 69.5 cm³/mol. The monoisotopic (exact) mass is 251 g/mol. The second-order valence-electron chi connectivity index (χ2n) is 4.10. The van der Waals surface area contributed by atoms with E-state index in [1.54, 1.807) is 11.8 Å². The summed E-state index contributed by atoms with van der Waals surface area (Å²) in [6.07, 6.45) is 4.37. The van der Waals surface area contributed by atoms with Crippen LogP contribution in [-0.2, 0) is 4.74 Å². The largest absolute Gasteiger partial charge is 0.465 e. The number of thioether (sulfide) groups is 1. The van der Waals surface area contributed by atoms with Gasteiger partial charge < -0.3 is 10.1 Å². The lowest BCUT2D eigenvalue weighted by Crippen LogP contribution is -2.13. The zero-order valence-corrected chi connectivity index (χ0v) is 11.0. The molecule has 17 heavy (non-hydrogen) atoms. The van der Waals surface area contributed by atoms with E-state index in [0.29, 0.717) is 11.6 Å². The number of rotatable bonds is 3. The van der Waals surface area contributed by atoms with Crippen LogP contribution in [0.4, 0.5) is 0 Å². The number of methoxy groups -OCH3 is 1. The molecule has 1 saturated heterocycles. The summed E-state index contributed by atoms with van der Waals surface area (Å²) in [6.45, 7) is 1.08. The van der Waals surface area contributed by atoms with Crippen molar-refractivity contribution in [3.05, 3.63) is 29.3 Å². The summed E-state index contributed by atoms with van der Waals surface area (Å²) in [5.41, 5.74) is 1.92. The van der Waals surface area contributed by atoms with Crippen molar-refractivity contribution in [2.45, 2.75) is 23.8 Å². The van der Waals surface area contributed by atoms with Crippen LogP contribution in [-0.4, -0.2) is 25.9 Å². The van der Waals surface area contributed by atoms with Crippen molar-refractivity contribution in [3.8, 4) is 0 Å². The molecule has 4 heteroatoms. The van der Waals surface area contributed by atoms with Gasteiger partial charge in [0.15, 0.2) is 0 Å². The van der Waals surface area contributed by atoms with E-state index in [4.69, 9.17) is 4.74 Å². The molecular weight excluding hydrogens is 234 g/mol. The maximum Gasteiger partial charge on any atom is 0.338 e. The molecule has 1 fully saturated rings. The molecule has 0 aliphatic carbocycles. The fourth-order valence-corrected chi connectivity index (χ4v) is 2.80. The van der Waals surface area contributed by atoms with Crippen LogP contribution in [0.3, 0.4) is 0 Å². The first-order valence-electron chi connectivity index (χ1n) is 5.76. The third-order valence-corrected chi connectivity index (χ3v) is 3.87. The molecule has 92 valence electrons. The topological polar surface area (TPSA) is 38.3 Å². The number of benzene rings is 1. The predicted octanol–water partition coefficient (Wildman–Crippen LogP) is 2.62. The molecule has 1 heterocycles. The van der Waals surface area contributed by atoms with Crippen LogP contribution < -0.4 is 5.32 Å². The van der Waals surface area contributed by atoms with Gasteiger partial charge in [-0.1, -0.05) is 6.07 Å². The molecule has 1 aliphatic heterocycles. The molecule has 3 nitrogen and oxygen atoms in total. The van der Waals surface area contributed by atoms with Gasteiger partial charge in [-0.25, -0.2) is 4.79 Å². The average molecular weight is 251 g/mol. The molecule has 1 atom stereocenters. The van der Waals surface area contributed by atoms with Crippen molar-refractivity contribution >= 4 is 17.7 Å². The van der Waals surface area contributed by atoms with Crippen LogP contribution in [0, 0.1) is 0 Å². The third-order valence-electron chi connectivity index (χ3n) is 3.09. The molecular formula is C13H17NO2S. The van der Waals surface area contributed by atoms with Crippen molar-refractivity contribution in [1.29, 1.82) is 0 Å². The molecule has 2 rings (SSSR count). The Morgan fingerprint density at radius 3 is 2.94 bits per heavy atom. The molecule has 0 saturated carbocycles. The first-order valence-corrected chi connectivity index (χ1v) is 6.98. The quantitative estimate of drug-likeness (QED) is 0.662. The number of ether oxygens (including phenoxy) is 1. The van der Waals surface area contributed by atoms with Gasteiger partial charge in [0.2, 0.25) is 0 Å². The number of carbonyl (C=O) groups is 1. The van der Waals surface area contributed by atoms with E-state index in [0.717, 1.165) is 11.4 Å². The Morgan fingerprint density at radius 2 is 2.35 bits per heavy atom. The van der Waals surface area contributed by atoms with Crippen LogP contribution in [0.1, 0.15) is 34.8 Å². The Hall–Kier alpha value is -1.00. The normalized spacial score (nSPS) is 19.3. The van der Waals surface area contributed by atoms with Gasteiger partial charge in [0.05, 0.1) is 12.7 Å². The third kappa shape index (κ3) is 2.64. The first kappa shape index (κ1) is 12.5. The summed E-state index contributed by atoms with van der Waals surface area (Å²) in [5, 5.41) is 3.46. The highest BCUT2D eigenvalue weighted by Crippen LogP contribution is 2.29. The SMILES string of the molecule is COC(=O)c1ccc(C2CCCN2)cc1SC. The van der Waals surface area contributed by atoms with Gasteiger partial charge in [0.1, 0.15) is 0 Å². The Labute approximate surface area is 106 Å². The van der Waals surface area contributed by atoms with Gasteiger partial charge in [-0.2, -0.15) is 0 Å². The summed E-state index contributed by atoms with van der Waals surface area (Å²) in [7, 11) is 1.42. The van der Waals surface area contributed by atoms with Crippen molar-refractivity contribution in [1.82, 2.24) is 5.32 Å². The van der Waals surface area contributed by atoms with Crippen LogP contribution >= 0.6 is 11.8 Å². The second kappa shape index (κ2) is 5.56. The van der Waals surface area contributed by atoms with E-state index in [1.165, 1.54) is 25.5 Å². The molecule has 1 aromatic carbocycles. The molecule has 1 aliphatic rings. The molecule has 0 aromatic heterocycles. The number of hydrogen-bond donors (Lipinski definition) is 1. The van der Waals surface area contributed by atoms with E-state index >= 15 is 0 Å². The van der Waals surface area contributed by atoms with E-state index < -0.39 is 0 Å². The Morgan fingerprint density at radius 1 is 1.53 bits per heavy atom. The highest BCUT2D eigenvalue weighted by molar-refractivity contribution is 7.98. The fourth-order valence-electron chi connectivity index (χ4n) is 2.17. The smallest absolute Gasteiger partial charge is 0.338 e. The van der Waals surface area contributed by atoms with E-state index in [-0.39, 0.29) is 5.97 Å². The van der Waals surface area contributed by atoms with Crippen molar-refractivity contribution < 1.29 is 9.53 Å². The summed E-state index contributed by atoms with van der Waals surface area (Å²) >= 11 is 1.58. The van der Waals surface area contributed by atoms with Crippen molar-refractivity contribution in [3.63, 3.8) is 0 Å². The highest BCUT2D eigenvalue weighted by Gasteiger charge is 2.19. The molecule has 1 N–H and O–H groups in total. The Bertz CT molecular complexity index is 414. The number of hydrogen-bond acceptors (Lipinski definition) is 4. The number of carbonyl (C=O) groups excluding carboxylic acids is 1. The van der Waals surface area contributed by atoms with Crippen LogP contribution in [0.25, 0.3) is 0 Å². The standard InChI is InChI=1S/C13H17NO2S/c1-16-13(15)10-6-5-9(8-12(10)17-2)11-4-3-7-14-11/h5-6,8,11,14H,3-4,7H2,1-2H3. The van der Waals surface area contributed by atoms with Crippen LogP contribution in [0.5, 0.6) is 0 Å². The lowest BCUT2D eigenvalue weighted by Gasteiger charge is -2.13. The minimum atomic E-state index is -0.264. The van der Waals surface area contributed by atoms with Gasteiger partial charge in [-0.3, -0.25) is 0 Å². The molecule has 1 aromatic rings. The van der Waals surface area contributed by atoms with Gasteiger partial charge in [-0.15, -0.1) is 11.8 Å². The van der Waals surface area contributed by atoms with Crippen LogP contribution in [0.15, 0.2) is 23.1 Å². The molecule has 0 amide bonds. The summed E-state index contributed by atoms with van der Waals surface area (Å²) in [5.74, 6) is -0.264. The highest BCUT2D eigenvalue weighted by atomic mass is 32.2. The number of esters is 1. The lowest BCUT2D eigenvalue weighted by atomic mass is 10.0. The first-order chi connectivity index (χ1) is 8.26. The van der Waals surface area contributed by atoms with Gasteiger partial charge in [-0.05, 0) is 43.3 Å². The van der Waals surface area contributed by atoms with E-state index in [9.17, 15) is 4.79 Å². The molecule has 0 spiro atoms. The van der Waals surface area contributed by atoms with E-state index in [1.807, 2.05) is 18.4 Å². The van der Waals surface area contributed by atoms with Crippen LogP contribution in [0.2, 0.25) is 0 Å². The minimum Gasteiger partial charge on any atom is -0.465 e.